The third-order valence-corrected chi connectivity index (χ3v) is 5.99. The largest absolute Gasteiger partial charge is 0.493 e. The Hall–Kier alpha value is -3.36. The van der Waals surface area contributed by atoms with Crippen LogP contribution in [0.5, 0.6) is 11.5 Å². The molecular formula is C22H18ClN3O4S. The van der Waals surface area contributed by atoms with Crippen LogP contribution in [0.15, 0.2) is 59.7 Å². The summed E-state index contributed by atoms with van der Waals surface area (Å²) in [5.74, 6) is 0.991. The SMILES string of the molecule is COc1cc(-n2cnc3cc(-c4ccc(Cl)cc4)sc3c2=O)ccc1OCCNC=O. The van der Waals surface area contributed by atoms with E-state index < -0.39 is 0 Å². The van der Waals surface area contributed by atoms with E-state index in [2.05, 4.69) is 10.3 Å². The second kappa shape index (κ2) is 9.20. The quantitative estimate of drug-likeness (QED) is 0.322. The van der Waals surface area contributed by atoms with Gasteiger partial charge in [0.25, 0.3) is 5.56 Å². The number of amides is 1. The van der Waals surface area contributed by atoms with Crippen molar-refractivity contribution in [3.05, 3.63) is 70.2 Å². The van der Waals surface area contributed by atoms with Crippen molar-refractivity contribution in [1.82, 2.24) is 14.9 Å². The topological polar surface area (TPSA) is 82.5 Å². The van der Waals surface area contributed by atoms with Gasteiger partial charge in [-0.2, -0.15) is 0 Å². The van der Waals surface area contributed by atoms with Crippen LogP contribution in [0.1, 0.15) is 0 Å². The Labute approximate surface area is 186 Å². The predicted octanol–water partition coefficient (Wildman–Crippen LogP) is 3.90. The molecule has 1 N–H and O–H groups in total. The first kappa shape index (κ1) is 20.9. The molecule has 0 aliphatic rings. The number of nitrogens with zero attached hydrogens (tertiary/aromatic N) is 2. The number of aromatic nitrogens is 2. The molecule has 2 aromatic heterocycles. The average Bonchev–Trinajstić information content (AvgIpc) is 3.23. The summed E-state index contributed by atoms with van der Waals surface area (Å²) in [5, 5.41) is 3.19. The van der Waals surface area contributed by atoms with Crippen molar-refractivity contribution in [3.63, 3.8) is 0 Å². The van der Waals surface area contributed by atoms with Gasteiger partial charge in [-0.1, -0.05) is 23.7 Å². The van der Waals surface area contributed by atoms with E-state index in [0.29, 0.717) is 52.0 Å². The van der Waals surface area contributed by atoms with Crippen molar-refractivity contribution in [3.8, 4) is 27.6 Å². The fourth-order valence-electron chi connectivity index (χ4n) is 3.06. The van der Waals surface area contributed by atoms with Crippen molar-refractivity contribution < 1.29 is 14.3 Å². The van der Waals surface area contributed by atoms with Crippen LogP contribution in [0, 0.1) is 0 Å². The third kappa shape index (κ3) is 4.40. The van der Waals surface area contributed by atoms with Crippen LogP contribution in [0.2, 0.25) is 5.02 Å². The number of hydrogen-bond donors (Lipinski definition) is 1. The van der Waals surface area contributed by atoms with Gasteiger partial charge in [0.05, 0.1) is 24.9 Å². The van der Waals surface area contributed by atoms with E-state index in [-0.39, 0.29) is 5.56 Å². The molecule has 9 heteroatoms. The van der Waals surface area contributed by atoms with Gasteiger partial charge in [0.2, 0.25) is 6.41 Å². The van der Waals surface area contributed by atoms with Gasteiger partial charge in [0.15, 0.2) is 11.5 Å². The molecule has 0 aliphatic carbocycles. The fourth-order valence-corrected chi connectivity index (χ4v) is 4.23. The lowest BCUT2D eigenvalue weighted by atomic mass is 10.2. The zero-order valence-corrected chi connectivity index (χ0v) is 18.1. The number of methoxy groups -OCH3 is 1. The zero-order valence-electron chi connectivity index (χ0n) is 16.5. The van der Waals surface area contributed by atoms with Crippen molar-refractivity contribution in [2.24, 2.45) is 0 Å². The monoisotopic (exact) mass is 455 g/mol. The molecule has 0 fully saturated rings. The van der Waals surface area contributed by atoms with E-state index in [1.54, 1.807) is 18.2 Å². The maximum Gasteiger partial charge on any atom is 0.275 e. The molecular weight excluding hydrogens is 438 g/mol. The Morgan fingerprint density at radius 1 is 1.16 bits per heavy atom. The standard InChI is InChI=1S/C22H18ClN3O4S/c1-29-19-10-16(6-7-18(19)30-9-8-24-13-27)26-12-25-17-11-20(31-21(17)22(26)28)14-2-4-15(23)5-3-14/h2-7,10-13H,8-9H2,1H3,(H,24,27). The molecule has 4 aromatic rings. The van der Waals surface area contributed by atoms with Gasteiger partial charge in [0.1, 0.15) is 17.6 Å². The highest BCUT2D eigenvalue weighted by atomic mass is 35.5. The second-order valence-electron chi connectivity index (χ2n) is 6.51. The first-order chi connectivity index (χ1) is 15.1. The molecule has 0 unspecified atom stereocenters. The number of ether oxygens (including phenoxy) is 2. The Morgan fingerprint density at radius 3 is 2.71 bits per heavy atom. The maximum absolute atomic E-state index is 13.2. The summed E-state index contributed by atoms with van der Waals surface area (Å²) in [5.41, 5.74) is 2.06. The molecule has 0 spiro atoms. The molecule has 0 bridgehead atoms. The molecule has 2 heterocycles. The van der Waals surface area contributed by atoms with Crippen LogP contribution in [0.4, 0.5) is 0 Å². The molecule has 0 radical (unpaired) electrons. The molecule has 31 heavy (non-hydrogen) atoms. The highest BCUT2D eigenvalue weighted by Gasteiger charge is 2.13. The van der Waals surface area contributed by atoms with Gasteiger partial charge in [0, 0.05) is 16.0 Å². The van der Waals surface area contributed by atoms with Crippen LogP contribution in [0.25, 0.3) is 26.3 Å². The van der Waals surface area contributed by atoms with Crippen molar-refractivity contribution in [2.45, 2.75) is 0 Å². The number of carbonyl (C=O) groups excluding carboxylic acids is 1. The van der Waals surface area contributed by atoms with E-state index >= 15 is 0 Å². The maximum atomic E-state index is 13.2. The van der Waals surface area contributed by atoms with E-state index in [9.17, 15) is 9.59 Å². The van der Waals surface area contributed by atoms with Gasteiger partial charge in [-0.3, -0.25) is 14.2 Å². The third-order valence-electron chi connectivity index (χ3n) is 4.58. The Balaban J connectivity index is 1.67. The molecule has 0 atom stereocenters. The number of thiophene rings is 1. The second-order valence-corrected chi connectivity index (χ2v) is 8.00. The van der Waals surface area contributed by atoms with Gasteiger partial charge >= 0.3 is 0 Å². The highest BCUT2D eigenvalue weighted by Crippen LogP contribution is 2.32. The minimum atomic E-state index is -0.166. The van der Waals surface area contributed by atoms with Crippen LogP contribution in [-0.4, -0.2) is 36.2 Å². The smallest absolute Gasteiger partial charge is 0.275 e. The van der Waals surface area contributed by atoms with E-state index in [1.165, 1.54) is 29.3 Å². The Bertz CT molecular complexity index is 1280. The normalized spacial score (nSPS) is 10.8. The molecule has 2 aromatic carbocycles. The molecule has 158 valence electrons. The summed E-state index contributed by atoms with van der Waals surface area (Å²) < 4.78 is 13.1. The lowest BCUT2D eigenvalue weighted by Crippen LogP contribution is -2.19. The van der Waals surface area contributed by atoms with E-state index in [1.807, 2.05) is 30.3 Å². The van der Waals surface area contributed by atoms with Crippen molar-refractivity contribution in [2.75, 3.05) is 20.3 Å². The lowest BCUT2D eigenvalue weighted by molar-refractivity contribution is -0.109. The first-order valence-corrected chi connectivity index (χ1v) is 10.6. The summed E-state index contributed by atoms with van der Waals surface area (Å²) in [6, 6.07) is 14.6. The number of hydrogen-bond acceptors (Lipinski definition) is 6. The van der Waals surface area contributed by atoms with Gasteiger partial charge < -0.3 is 14.8 Å². The van der Waals surface area contributed by atoms with Gasteiger partial charge in [-0.25, -0.2) is 4.98 Å². The number of nitrogens with one attached hydrogen (secondary N) is 1. The predicted molar refractivity (Wildman–Crippen MR) is 122 cm³/mol. The zero-order chi connectivity index (χ0) is 21.8. The number of carbonyl (C=O) groups is 1. The average molecular weight is 456 g/mol. The summed E-state index contributed by atoms with van der Waals surface area (Å²) in [4.78, 5) is 28.9. The number of benzene rings is 2. The minimum Gasteiger partial charge on any atom is -0.493 e. The number of fused-ring (bicyclic) bond motifs is 1. The summed E-state index contributed by atoms with van der Waals surface area (Å²) in [6.45, 7) is 0.674. The van der Waals surface area contributed by atoms with Crippen molar-refractivity contribution >= 4 is 39.6 Å². The molecule has 1 amide bonds. The first-order valence-electron chi connectivity index (χ1n) is 9.36. The van der Waals surface area contributed by atoms with Crippen LogP contribution in [0.3, 0.4) is 0 Å². The van der Waals surface area contributed by atoms with Gasteiger partial charge in [-0.15, -0.1) is 11.3 Å². The molecule has 0 saturated heterocycles. The van der Waals surface area contributed by atoms with E-state index in [4.69, 9.17) is 21.1 Å². The fraction of sp³-hybridized carbons (Fsp3) is 0.136. The molecule has 0 saturated carbocycles. The summed E-state index contributed by atoms with van der Waals surface area (Å²) in [7, 11) is 1.53. The van der Waals surface area contributed by atoms with Crippen molar-refractivity contribution in [1.29, 1.82) is 0 Å². The van der Waals surface area contributed by atoms with Gasteiger partial charge in [-0.05, 0) is 35.9 Å². The lowest BCUT2D eigenvalue weighted by Gasteiger charge is -2.13. The minimum absolute atomic E-state index is 0.166. The van der Waals surface area contributed by atoms with Crippen LogP contribution >= 0.6 is 22.9 Å². The number of halogens is 1. The summed E-state index contributed by atoms with van der Waals surface area (Å²) in [6.07, 6.45) is 2.12. The highest BCUT2D eigenvalue weighted by molar-refractivity contribution is 7.22. The van der Waals surface area contributed by atoms with Crippen LogP contribution in [-0.2, 0) is 4.79 Å². The molecule has 7 nitrogen and oxygen atoms in total. The Kier molecular flexibility index (Phi) is 6.20. The molecule has 4 rings (SSSR count). The van der Waals surface area contributed by atoms with Crippen LogP contribution < -0.4 is 20.3 Å². The van der Waals surface area contributed by atoms with E-state index in [0.717, 1.165) is 10.4 Å². The number of rotatable bonds is 8. The molecule has 0 aliphatic heterocycles. The summed E-state index contributed by atoms with van der Waals surface area (Å²) >= 11 is 7.36. The Morgan fingerprint density at radius 2 is 1.97 bits per heavy atom.